The Bertz CT molecular complexity index is 549. The molecule has 0 aliphatic carbocycles. The van der Waals surface area contributed by atoms with E-state index < -0.39 is 5.97 Å². The smallest absolute Gasteiger partial charge is 0.307 e. The van der Waals surface area contributed by atoms with Gasteiger partial charge in [-0.25, -0.2) is 0 Å². The van der Waals surface area contributed by atoms with E-state index in [1.54, 1.807) is 24.3 Å². The average molecular weight is 260 g/mol. The highest BCUT2D eigenvalue weighted by Gasteiger charge is 2.07. The third-order valence-corrected chi connectivity index (χ3v) is 3.50. The van der Waals surface area contributed by atoms with Crippen molar-refractivity contribution in [1.29, 1.82) is 0 Å². The molecule has 0 heterocycles. The lowest BCUT2D eigenvalue weighted by atomic mass is 10.1. The highest BCUT2D eigenvalue weighted by atomic mass is 32.2. The first-order valence-electron chi connectivity index (χ1n) is 5.42. The minimum Gasteiger partial charge on any atom is -0.508 e. The molecule has 0 aliphatic heterocycles. The Morgan fingerprint density at radius 1 is 1.06 bits per heavy atom. The molecule has 18 heavy (non-hydrogen) atoms. The van der Waals surface area contributed by atoms with Crippen molar-refractivity contribution in [3.8, 4) is 5.75 Å². The maximum absolute atomic E-state index is 10.8. The van der Waals surface area contributed by atoms with E-state index in [1.165, 1.54) is 11.8 Å². The number of aromatic hydroxyl groups is 1. The number of carbonyl (C=O) groups is 1. The van der Waals surface area contributed by atoms with Crippen molar-refractivity contribution in [3.63, 3.8) is 0 Å². The normalized spacial score (nSPS) is 10.2. The SMILES string of the molecule is O=C(O)Cc1ccccc1Sc1ccc(O)cc1. The molecule has 3 nitrogen and oxygen atoms in total. The second-order valence-electron chi connectivity index (χ2n) is 3.77. The van der Waals surface area contributed by atoms with E-state index in [-0.39, 0.29) is 12.2 Å². The van der Waals surface area contributed by atoms with Gasteiger partial charge in [0.15, 0.2) is 0 Å². The van der Waals surface area contributed by atoms with Crippen LogP contribution >= 0.6 is 11.8 Å². The van der Waals surface area contributed by atoms with Gasteiger partial charge in [-0.15, -0.1) is 0 Å². The molecule has 0 saturated carbocycles. The van der Waals surface area contributed by atoms with Crippen LogP contribution in [0.3, 0.4) is 0 Å². The van der Waals surface area contributed by atoms with E-state index in [9.17, 15) is 9.90 Å². The van der Waals surface area contributed by atoms with E-state index in [4.69, 9.17) is 5.11 Å². The summed E-state index contributed by atoms with van der Waals surface area (Å²) in [5.74, 6) is -0.619. The van der Waals surface area contributed by atoms with Crippen LogP contribution in [0.2, 0.25) is 0 Å². The van der Waals surface area contributed by atoms with Gasteiger partial charge in [-0.1, -0.05) is 30.0 Å². The fourth-order valence-corrected chi connectivity index (χ4v) is 2.50. The van der Waals surface area contributed by atoms with Crippen molar-refractivity contribution in [2.45, 2.75) is 16.2 Å². The Morgan fingerprint density at radius 2 is 1.72 bits per heavy atom. The number of benzene rings is 2. The number of carboxylic acid groups (broad SMARTS) is 1. The molecule has 0 bridgehead atoms. The summed E-state index contributed by atoms with van der Waals surface area (Å²) in [5, 5.41) is 18.1. The third kappa shape index (κ3) is 3.28. The van der Waals surface area contributed by atoms with Crippen LogP contribution in [0.15, 0.2) is 58.3 Å². The number of hydrogen-bond donors (Lipinski definition) is 2. The molecular formula is C14H12O3S. The van der Waals surface area contributed by atoms with E-state index in [0.29, 0.717) is 0 Å². The lowest BCUT2D eigenvalue weighted by Crippen LogP contribution is -2.01. The Morgan fingerprint density at radius 3 is 2.39 bits per heavy atom. The minimum absolute atomic E-state index is 0.0151. The first-order chi connectivity index (χ1) is 8.65. The van der Waals surface area contributed by atoms with Gasteiger partial charge < -0.3 is 10.2 Å². The summed E-state index contributed by atoms with van der Waals surface area (Å²) in [5.41, 5.74) is 0.795. The first-order valence-corrected chi connectivity index (χ1v) is 6.23. The maximum Gasteiger partial charge on any atom is 0.307 e. The number of rotatable bonds is 4. The number of carboxylic acids is 1. The largest absolute Gasteiger partial charge is 0.508 e. The van der Waals surface area contributed by atoms with Gasteiger partial charge in [-0.2, -0.15) is 0 Å². The van der Waals surface area contributed by atoms with Crippen molar-refractivity contribution >= 4 is 17.7 Å². The number of aliphatic carboxylic acids is 1. The van der Waals surface area contributed by atoms with Gasteiger partial charge >= 0.3 is 5.97 Å². The summed E-state index contributed by atoms with van der Waals surface area (Å²) in [7, 11) is 0. The van der Waals surface area contributed by atoms with Crippen LogP contribution in [0.5, 0.6) is 5.75 Å². The van der Waals surface area contributed by atoms with Crippen LogP contribution in [0.25, 0.3) is 0 Å². The summed E-state index contributed by atoms with van der Waals surface area (Å²) in [4.78, 5) is 12.7. The maximum atomic E-state index is 10.8. The van der Waals surface area contributed by atoms with Crippen molar-refractivity contribution in [2.24, 2.45) is 0 Å². The number of phenols is 1. The molecule has 0 amide bonds. The molecule has 0 atom stereocenters. The van der Waals surface area contributed by atoms with Crippen LogP contribution in [-0.4, -0.2) is 16.2 Å². The fraction of sp³-hybridized carbons (Fsp3) is 0.0714. The van der Waals surface area contributed by atoms with Gasteiger partial charge in [0, 0.05) is 9.79 Å². The summed E-state index contributed by atoms with van der Waals surface area (Å²) in [6.07, 6.45) is 0.0151. The zero-order valence-electron chi connectivity index (χ0n) is 9.54. The molecule has 0 fully saturated rings. The van der Waals surface area contributed by atoms with Crippen LogP contribution < -0.4 is 0 Å². The molecule has 92 valence electrons. The predicted octanol–water partition coefficient (Wildman–Crippen LogP) is 3.17. The van der Waals surface area contributed by atoms with E-state index in [2.05, 4.69) is 0 Å². The molecular weight excluding hydrogens is 248 g/mol. The molecule has 4 heteroatoms. The highest BCUT2D eigenvalue weighted by molar-refractivity contribution is 7.99. The lowest BCUT2D eigenvalue weighted by Gasteiger charge is -2.07. The van der Waals surface area contributed by atoms with Crippen LogP contribution in [0.4, 0.5) is 0 Å². The fourth-order valence-electron chi connectivity index (χ4n) is 1.55. The van der Waals surface area contributed by atoms with Crippen molar-refractivity contribution < 1.29 is 15.0 Å². The van der Waals surface area contributed by atoms with Gasteiger partial charge in [-0.3, -0.25) is 4.79 Å². The first kappa shape index (κ1) is 12.5. The van der Waals surface area contributed by atoms with Crippen molar-refractivity contribution in [3.05, 3.63) is 54.1 Å². The van der Waals surface area contributed by atoms with Gasteiger partial charge in [0.05, 0.1) is 6.42 Å². The number of phenolic OH excluding ortho intramolecular Hbond substituents is 1. The van der Waals surface area contributed by atoms with Crippen molar-refractivity contribution in [2.75, 3.05) is 0 Å². The molecule has 0 unspecified atom stereocenters. The Kier molecular flexibility index (Phi) is 3.89. The minimum atomic E-state index is -0.839. The molecule has 0 aliphatic rings. The highest BCUT2D eigenvalue weighted by Crippen LogP contribution is 2.31. The average Bonchev–Trinajstić information content (AvgIpc) is 2.34. The van der Waals surface area contributed by atoms with E-state index in [1.807, 2.05) is 24.3 Å². The Labute approximate surface area is 109 Å². The Hall–Kier alpha value is -1.94. The second-order valence-corrected chi connectivity index (χ2v) is 4.89. The Balaban J connectivity index is 2.23. The quantitative estimate of drug-likeness (QED) is 0.886. The van der Waals surface area contributed by atoms with Crippen LogP contribution in [0, 0.1) is 0 Å². The summed E-state index contributed by atoms with van der Waals surface area (Å²) in [6.45, 7) is 0. The van der Waals surface area contributed by atoms with Gasteiger partial charge in [0.25, 0.3) is 0 Å². The molecule has 0 saturated heterocycles. The molecule has 0 spiro atoms. The molecule has 2 aromatic carbocycles. The van der Waals surface area contributed by atoms with Crippen LogP contribution in [-0.2, 0) is 11.2 Å². The molecule has 2 rings (SSSR count). The topological polar surface area (TPSA) is 57.5 Å². The third-order valence-electron chi connectivity index (χ3n) is 2.38. The lowest BCUT2D eigenvalue weighted by molar-refractivity contribution is -0.136. The standard InChI is InChI=1S/C14H12O3S/c15-11-5-7-12(8-6-11)18-13-4-2-1-3-10(13)9-14(16)17/h1-8,15H,9H2,(H,16,17). The van der Waals surface area contributed by atoms with Gasteiger partial charge in [0.1, 0.15) is 5.75 Å². The van der Waals surface area contributed by atoms with E-state index >= 15 is 0 Å². The molecule has 2 aromatic rings. The summed E-state index contributed by atoms with van der Waals surface area (Å²) >= 11 is 1.49. The summed E-state index contributed by atoms with van der Waals surface area (Å²) < 4.78 is 0. The molecule has 0 aromatic heterocycles. The summed E-state index contributed by atoms with van der Waals surface area (Å²) in [6, 6.07) is 14.3. The van der Waals surface area contributed by atoms with Gasteiger partial charge in [0.2, 0.25) is 0 Å². The zero-order valence-corrected chi connectivity index (χ0v) is 10.4. The zero-order chi connectivity index (χ0) is 13.0. The van der Waals surface area contributed by atoms with Crippen molar-refractivity contribution in [1.82, 2.24) is 0 Å². The second kappa shape index (κ2) is 5.60. The predicted molar refractivity (Wildman–Crippen MR) is 70.0 cm³/mol. The van der Waals surface area contributed by atoms with E-state index in [0.717, 1.165) is 15.4 Å². The molecule has 2 N–H and O–H groups in total. The van der Waals surface area contributed by atoms with Gasteiger partial charge in [-0.05, 0) is 35.9 Å². The molecule has 0 radical (unpaired) electrons. The van der Waals surface area contributed by atoms with Crippen LogP contribution in [0.1, 0.15) is 5.56 Å². The number of hydrogen-bond acceptors (Lipinski definition) is 3. The monoisotopic (exact) mass is 260 g/mol.